The molecule has 2 nitrogen and oxygen atoms in total. The third-order valence-electron chi connectivity index (χ3n) is 1.53. The Balaban J connectivity index is 2.75. The average Bonchev–Trinajstić information content (AvgIpc) is 2.07. The molecule has 1 heterocycles. The van der Waals surface area contributed by atoms with Crippen molar-refractivity contribution in [2.45, 2.75) is 26.2 Å². The van der Waals surface area contributed by atoms with Crippen LogP contribution in [-0.4, -0.2) is 9.97 Å². The highest BCUT2D eigenvalue weighted by atomic mass is 79.9. The van der Waals surface area contributed by atoms with Gasteiger partial charge in [-0.1, -0.05) is 24.9 Å². The van der Waals surface area contributed by atoms with Gasteiger partial charge in [-0.3, -0.25) is 0 Å². The van der Waals surface area contributed by atoms with Crippen LogP contribution in [0.25, 0.3) is 0 Å². The molecule has 0 saturated heterocycles. The normalized spacial score (nSPS) is 10.2. The second-order valence-electron chi connectivity index (χ2n) is 2.53. The van der Waals surface area contributed by atoms with E-state index in [2.05, 4.69) is 32.8 Å². The van der Waals surface area contributed by atoms with Crippen molar-refractivity contribution in [2.75, 3.05) is 0 Å². The number of halogens is 2. The molecule has 1 aromatic heterocycles. The van der Waals surface area contributed by atoms with Crippen LogP contribution in [0.5, 0.6) is 0 Å². The van der Waals surface area contributed by atoms with Gasteiger partial charge in [-0.25, -0.2) is 9.97 Å². The Hall–Kier alpha value is -0.150. The molecule has 0 aliphatic rings. The molecule has 66 valence electrons. The number of hydrogen-bond donors (Lipinski definition) is 0. The molecule has 12 heavy (non-hydrogen) atoms. The first-order valence-corrected chi connectivity index (χ1v) is 5.08. The van der Waals surface area contributed by atoms with Crippen molar-refractivity contribution in [3.05, 3.63) is 21.6 Å². The number of nitrogens with zero attached hydrogens (tertiary/aromatic N) is 2. The zero-order valence-corrected chi connectivity index (χ0v) is 9.19. The van der Waals surface area contributed by atoms with Crippen molar-refractivity contribution in [2.24, 2.45) is 0 Å². The molecule has 0 radical (unpaired) electrons. The maximum Gasteiger partial charge on any atom is 0.147 e. The van der Waals surface area contributed by atoms with Gasteiger partial charge in [0.25, 0.3) is 0 Å². The predicted molar refractivity (Wildman–Crippen MR) is 53.4 cm³/mol. The molecule has 1 aromatic rings. The third-order valence-corrected chi connectivity index (χ3v) is 2.38. The maximum absolute atomic E-state index is 5.70. The summed E-state index contributed by atoms with van der Waals surface area (Å²) in [4.78, 5) is 8.22. The molecule has 0 aliphatic carbocycles. The highest BCUT2D eigenvalue weighted by Crippen LogP contribution is 2.15. The predicted octanol–water partition coefficient (Wildman–Crippen LogP) is 3.24. The van der Waals surface area contributed by atoms with Crippen LogP contribution in [-0.2, 0) is 6.42 Å². The molecule has 1 rings (SSSR count). The first-order chi connectivity index (χ1) is 5.74. The highest BCUT2D eigenvalue weighted by molar-refractivity contribution is 9.10. The Labute approximate surface area is 85.5 Å². The molecule has 0 unspecified atom stereocenters. The zero-order valence-electron chi connectivity index (χ0n) is 6.85. The van der Waals surface area contributed by atoms with Gasteiger partial charge in [-0.05, 0) is 28.8 Å². The van der Waals surface area contributed by atoms with Crippen LogP contribution < -0.4 is 0 Å². The smallest absolute Gasteiger partial charge is 0.147 e. The lowest BCUT2D eigenvalue weighted by Crippen LogP contribution is -1.94. The van der Waals surface area contributed by atoms with Crippen molar-refractivity contribution < 1.29 is 0 Å². The van der Waals surface area contributed by atoms with Crippen molar-refractivity contribution in [1.29, 1.82) is 0 Å². The number of unbranched alkanes of at least 4 members (excludes halogenated alkanes) is 1. The fourth-order valence-electron chi connectivity index (χ4n) is 0.892. The molecule has 4 heteroatoms. The van der Waals surface area contributed by atoms with Crippen LogP contribution in [0.2, 0.25) is 5.15 Å². The molecule has 0 aliphatic heterocycles. The summed E-state index contributed by atoms with van der Waals surface area (Å²) in [6.07, 6.45) is 4.75. The molecule has 0 aromatic carbocycles. The van der Waals surface area contributed by atoms with Gasteiger partial charge in [0.15, 0.2) is 0 Å². The first kappa shape index (κ1) is 9.93. The van der Waals surface area contributed by atoms with E-state index >= 15 is 0 Å². The van der Waals surface area contributed by atoms with Crippen molar-refractivity contribution in [1.82, 2.24) is 9.97 Å². The Morgan fingerprint density at radius 3 is 3.00 bits per heavy atom. The minimum atomic E-state index is 0.462. The lowest BCUT2D eigenvalue weighted by molar-refractivity contribution is 0.767. The van der Waals surface area contributed by atoms with Crippen LogP contribution in [0, 0.1) is 0 Å². The van der Waals surface area contributed by atoms with Gasteiger partial charge in [0, 0.05) is 0 Å². The first-order valence-electron chi connectivity index (χ1n) is 3.91. The van der Waals surface area contributed by atoms with E-state index < -0.39 is 0 Å². The zero-order chi connectivity index (χ0) is 8.97. The van der Waals surface area contributed by atoms with E-state index in [9.17, 15) is 0 Å². The summed E-state index contributed by atoms with van der Waals surface area (Å²) >= 11 is 9.03. The fraction of sp³-hybridized carbons (Fsp3) is 0.500. The molecule has 0 fully saturated rings. The standard InChI is InChI=1S/C8H10BrClN2/c1-2-3-4-6-8(9)11-5-7(10)12-6/h5H,2-4H2,1H3. The van der Waals surface area contributed by atoms with E-state index in [-0.39, 0.29) is 0 Å². The Morgan fingerprint density at radius 1 is 1.58 bits per heavy atom. The molecule has 0 atom stereocenters. The van der Waals surface area contributed by atoms with E-state index in [1.165, 1.54) is 0 Å². The third kappa shape index (κ3) is 2.72. The number of aromatic nitrogens is 2. The van der Waals surface area contributed by atoms with E-state index in [0.29, 0.717) is 5.15 Å². The topological polar surface area (TPSA) is 25.8 Å². The van der Waals surface area contributed by atoms with E-state index in [4.69, 9.17) is 11.6 Å². The van der Waals surface area contributed by atoms with Crippen LogP contribution in [0.3, 0.4) is 0 Å². The molecule has 0 saturated carbocycles. The fourth-order valence-corrected chi connectivity index (χ4v) is 1.43. The monoisotopic (exact) mass is 248 g/mol. The summed E-state index contributed by atoms with van der Waals surface area (Å²) in [6.45, 7) is 2.14. The Kier molecular flexibility index (Phi) is 3.95. The molecule has 0 N–H and O–H groups in total. The van der Waals surface area contributed by atoms with Gasteiger partial charge >= 0.3 is 0 Å². The van der Waals surface area contributed by atoms with Crippen molar-refractivity contribution in [3.8, 4) is 0 Å². The quantitative estimate of drug-likeness (QED) is 0.822. The minimum Gasteiger partial charge on any atom is -0.244 e. The van der Waals surface area contributed by atoms with E-state index in [0.717, 1.165) is 29.6 Å². The average molecular weight is 250 g/mol. The number of rotatable bonds is 3. The van der Waals surface area contributed by atoms with Gasteiger partial charge in [0.2, 0.25) is 0 Å². The van der Waals surface area contributed by atoms with Crippen LogP contribution >= 0.6 is 27.5 Å². The largest absolute Gasteiger partial charge is 0.244 e. The van der Waals surface area contributed by atoms with Gasteiger partial charge in [0.1, 0.15) is 9.76 Å². The maximum atomic E-state index is 5.70. The number of aryl methyl sites for hydroxylation is 1. The van der Waals surface area contributed by atoms with Gasteiger partial charge < -0.3 is 0 Å². The molecular weight excluding hydrogens is 239 g/mol. The highest BCUT2D eigenvalue weighted by Gasteiger charge is 2.02. The van der Waals surface area contributed by atoms with E-state index in [1.807, 2.05) is 0 Å². The summed E-state index contributed by atoms with van der Waals surface area (Å²) in [6, 6.07) is 0. The van der Waals surface area contributed by atoms with Crippen LogP contribution in [0.15, 0.2) is 10.8 Å². The molecule has 0 spiro atoms. The molecule has 0 bridgehead atoms. The molecular formula is C8H10BrClN2. The Morgan fingerprint density at radius 2 is 2.33 bits per heavy atom. The second-order valence-corrected chi connectivity index (χ2v) is 3.67. The summed E-state index contributed by atoms with van der Waals surface area (Å²) in [5.74, 6) is 0. The van der Waals surface area contributed by atoms with Gasteiger partial charge in [0.05, 0.1) is 11.9 Å². The van der Waals surface area contributed by atoms with Crippen LogP contribution in [0.1, 0.15) is 25.5 Å². The van der Waals surface area contributed by atoms with E-state index in [1.54, 1.807) is 6.20 Å². The Bertz CT molecular complexity index is 265. The summed E-state index contributed by atoms with van der Waals surface area (Å²) in [5.41, 5.74) is 0.948. The van der Waals surface area contributed by atoms with Gasteiger partial charge in [-0.15, -0.1) is 0 Å². The van der Waals surface area contributed by atoms with Crippen molar-refractivity contribution in [3.63, 3.8) is 0 Å². The van der Waals surface area contributed by atoms with Crippen LogP contribution in [0.4, 0.5) is 0 Å². The van der Waals surface area contributed by atoms with Crippen molar-refractivity contribution >= 4 is 27.5 Å². The summed E-state index contributed by atoms with van der Waals surface area (Å²) in [7, 11) is 0. The summed E-state index contributed by atoms with van der Waals surface area (Å²) in [5, 5.41) is 0.462. The summed E-state index contributed by atoms with van der Waals surface area (Å²) < 4.78 is 0.806. The lowest BCUT2D eigenvalue weighted by atomic mass is 10.2. The lowest BCUT2D eigenvalue weighted by Gasteiger charge is -2.00. The SMILES string of the molecule is CCCCc1nc(Cl)cnc1Br. The van der Waals surface area contributed by atoms with Gasteiger partial charge in [-0.2, -0.15) is 0 Å². The molecule has 0 amide bonds. The minimum absolute atomic E-state index is 0.462. The number of hydrogen-bond acceptors (Lipinski definition) is 2. The second kappa shape index (κ2) is 4.77.